The minimum atomic E-state index is -3.05. The molecule has 1 aromatic carbocycles. The Bertz CT molecular complexity index is 965. The molecule has 0 atom stereocenters. The minimum absolute atomic E-state index is 0.215. The molecule has 2 heterocycles. The van der Waals surface area contributed by atoms with Crippen molar-refractivity contribution in [3.8, 4) is 11.5 Å². The number of phenolic OH excluding ortho intramolecular Hbond substituents is 1. The molecule has 9 heteroatoms. The zero-order chi connectivity index (χ0) is 18.7. The van der Waals surface area contributed by atoms with E-state index in [2.05, 4.69) is 9.72 Å². The normalized spacial score (nSPS) is 11.5. The number of nitrogens with zero attached hydrogens (tertiary/aromatic N) is 2. The Balaban J connectivity index is 1.98. The third-order valence-electron chi connectivity index (χ3n) is 3.42. The highest BCUT2D eigenvalue weighted by molar-refractivity contribution is 7.15. The van der Waals surface area contributed by atoms with E-state index in [-0.39, 0.29) is 23.6 Å². The Morgan fingerprint density at radius 2 is 2.23 bits per heavy atom. The molecule has 0 radical (unpaired) electrons. The van der Waals surface area contributed by atoms with E-state index < -0.39 is 18.3 Å². The lowest BCUT2D eigenvalue weighted by Crippen LogP contribution is -2.08. The van der Waals surface area contributed by atoms with E-state index in [1.165, 1.54) is 41.7 Å². The minimum Gasteiger partial charge on any atom is -0.504 e. The predicted octanol–water partition coefficient (Wildman–Crippen LogP) is 4.05. The van der Waals surface area contributed by atoms with Crippen molar-refractivity contribution in [1.82, 2.24) is 9.38 Å². The zero-order valence-electron chi connectivity index (χ0n) is 13.6. The van der Waals surface area contributed by atoms with Crippen LogP contribution in [0.5, 0.6) is 11.5 Å². The number of hydrogen-bond donors (Lipinski definition) is 1. The van der Waals surface area contributed by atoms with Crippen LogP contribution in [-0.4, -0.2) is 33.7 Å². The van der Waals surface area contributed by atoms with Crippen LogP contribution in [-0.2, 0) is 4.74 Å². The van der Waals surface area contributed by atoms with Gasteiger partial charge in [-0.3, -0.25) is 4.40 Å². The van der Waals surface area contributed by atoms with Crippen molar-refractivity contribution in [1.29, 1.82) is 0 Å². The number of phenols is 1. The van der Waals surface area contributed by atoms with Gasteiger partial charge in [-0.15, -0.1) is 11.3 Å². The molecule has 26 heavy (non-hydrogen) atoms. The number of alkyl halides is 2. The Morgan fingerprint density at radius 1 is 1.42 bits per heavy atom. The number of carbonyl (C=O) groups excluding carboxylic acids is 1. The Hall–Kier alpha value is -2.94. The van der Waals surface area contributed by atoms with Gasteiger partial charge in [0, 0.05) is 17.1 Å². The van der Waals surface area contributed by atoms with E-state index in [1.54, 1.807) is 22.9 Å². The van der Waals surface area contributed by atoms with E-state index in [0.717, 1.165) is 0 Å². The number of ether oxygens (including phenoxy) is 2. The number of carbonyl (C=O) groups is 1. The van der Waals surface area contributed by atoms with Crippen molar-refractivity contribution >= 4 is 34.4 Å². The highest BCUT2D eigenvalue weighted by Crippen LogP contribution is 2.32. The van der Waals surface area contributed by atoms with Crippen molar-refractivity contribution in [2.45, 2.75) is 13.5 Å². The average Bonchev–Trinajstić information content (AvgIpc) is 3.15. The van der Waals surface area contributed by atoms with Gasteiger partial charge in [-0.25, -0.2) is 9.78 Å². The Morgan fingerprint density at radius 3 is 2.96 bits per heavy atom. The molecule has 0 aliphatic rings. The first-order valence-corrected chi connectivity index (χ1v) is 8.46. The van der Waals surface area contributed by atoms with Crippen LogP contribution in [0.1, 0.15) is 28.7 Å². The fourth-order valence-corrected chi connectivity index (χ4v) is 3.08. The zero-order valence-corrected chi connectivity index (χ0v) is 14.4. The summed E-state index contributed by atoms with van der Waals surface area (Å²) in [6.07, 6.45) is 4.67. The number of rotatable bonds is 6. The first-order chi connectivity index (χ1) is 12.5. The maximum atomic E-state index is 12.4. The van der Waals surface area contributed by atoms with Gasteiger partial charge in [0.15, 0.2) is 22.2 Å². The molecule has 0 spiro atoms. The van der Waals surface area contributed by atoms with Crippen LogP contribution < -0.4 is 4.74 Å². The molecule has 0 amide bonds. The molecule has 0 aliphatic heterocycles. The number of esters is 1. The molecule has 0 unspecified atom stereocenters. The van der Waals surface area contributed by atoms with E-state index in [9.17, 15) is 18.7 Å². The second kappa shape index (κ2) is 7.52. The summed E-state index contributed by atoms with van der Waals surface area (Å²) in [5, 5.41) is 11.8. The van der Waals surface area contributed by atoms with Gasteiger partial charge in [-0.2, -0.15) is 8.78 Å². The largest absolute Gasteiger partial charge is 0.504 e. The van der Waals surface area contributed by atoms with Gasteiger partial charge in [0.05, 0.1) is 12.3 Å². The lowest BCUT2D eigenvalue weighted by Gasteiger charge is -2.08. The molecule has 3 aromatic rings. The molecular formula is C17H14F2N2O4S. The monoisotopic (exact) mass is 380 g/mol. The highest BCUT2D eigenvalue weighted by atomic mass is 32.1. The quantitative estimate of drug-likeness (QED) is 0.653. The number of thiazole rings is 1. The second-order valence-corrected chi connectivity index (χ2v) is 5.90. The fourth-order valence-electron chi connectivity index (χ4n) is 2.35. The van der Waals surface area contributed by atoms with Gasteiger partial charge >= 0.3 is 12.6 Å². The summed E-state index contributed by atoms with van der Waals surface area (Å²) in [5.74, 6) is -1.29. The lowest BCUT2D eigenvalue weighted by atomic mass is 10.1. The van der Waals surface area contributed by atoms with Crippen LogP contribution >= 0.6 is 11.3 Å². The van der Waals surface area contributed by atoms with Crippen LogP contribution in [0.2, 0.25) is 0 Å². The molecule has 3 rings (SSSR count). The maximum absolute atomic E-state index is 12.4. The molecule has 0 bridgehead atoms. The molecule has 6 nitrogen and oxygen atoms in total. The van der Waals surface area contributed by atoms with E-state index >= 15 is 0 Å². The van der Waals surface area contributed by atoms with Crippen LogP contribution in [0.15, 0.2) is 29.8 Å². The van der Waals surface area contributed by atoms with Crippen molar-refractivity contribution in [2.75, 3.05) is 6.61 Å². The van der Waals surface area contributed by atoms with Crippen LogP contribution in [0.3, 0.4) is 0 Å². The Kier molecular flexibility index (Phi) is 5.17. The second-order valence-electron chi connectivity index (χ2n) is 5.03. The molecule has 136 valence electrons. The standard InChI is InChI=1S/C17H14F2N2O4S/c1-2-24-15(23)13-11(20-17-21(13)8-9-26-17)7-6-10-4-3-5-12(14(10)22)25-16(18)19/h3-9,16,22H,2H2,1H3. The molecular weight excluding hydrogens is 366 g/mol. The summed E-state index contributed by atoms with van der Waals surface area (Å²) < 4.78 is 35.7. The van der Waals surface area contributed by atoms with E-state index in [0.29, 0.717) is 10.7 Å². The summed E-state index contributed by atoms with van der Waals surface area (Å²) in [4.78, 5) is 17.2. The van der Waals surface area contributed by atoms with Crippen LogP contribution in [0.4, 0.5) is 8.78 Å². The maximum Gasteiger partial charge on any atom is 0.387 e. The van der Waals surface area contributed by atoms with Crippen molar-refractivity contribution in [2.24, 2.45) is 0 Å². The molecule has 1 N–H and O–H groups in total. The molecule has 0 saturated carbocycles. The average molecular weight is 380 g/mol. The van der Waals surface area contributed by atoms with Gasteiger partial charge in [0.25, 0.3) is 0 Å². The van der Waals surface area contributed by atoms with Crippen molar-refractivity contribution < 1.29 is 28.2 Å². The predicted molar refractivity (Wildman–Crippen MR) is 92.7 cm³/mol. The molecule has 0 fully saturated rings. The first-order valence-electron chi connectivity index (χ1n) is 7.58. The molecule has 2 aromatic heterocycles. The van der Waals surface area contributed by atoms with E-state index in [4.69, 9.17) is 4.74 Å². The first kappa shape index (κ1) is 17.9. The molecule has 0 aliphatic carbocycles. The lowest BCUT2D eigenvalue weighted by molar-refractivity contribution is -0.0512. The summed E-state index contributed by atoms with van der Waals surface area (Å²) in [6.45, 7) is -1.13. The summed E-state index contributed by atoms with van der Waals surface area (Å²) >= 11 is 1.35. The number of halogens is 2. The van der Waals surface area contributed by atoms with Gasteiger partial charge in [0.1, 0.15) is 0 Å². The summed E-state index contributed by atoms with van der Waals surface area (Å²) in [6, 6.07) is 4.22. The number of benzene rings is 1. The van der Waals surface area contributed by atoms with Crippen molar-refractivity contribution in [3.05, 3.63) is 46.7 Å². The van der Waals surface area contributed by atoms with Gasteiger partial charge < -0.3 is 14.6 Å². The van der Waals surface area contributed by atoms with Crippen LogP contribution in [0, 0.1) is 0 Å². The number of fused-ring (bicyclic) bond motifs is 1. The van der Waals surface area contributed by atoms with Gasteiger partial charge in [-0.1, -0.05) is 12.1 Å². The number of aromatic hydroxyl groups is 1. The third-order valence-corrected chi connectivity index (χ3v) is 4.18. The number of aromatic nitrogens is 2. The third kappa shape index (κ3) is 3.52. The highest BCUT2D eigenvalue weighted by Gasteiger charge is 2.20. The van der Waals surface area contributed by atoms with E-state index in [1.807, 2.05) is 0 Å². The number of para-hydroxylation sites is 1. The SMILES string of the molecule is CCOC(=O)c1c(C=Cc2cccc(OC(F)F)c2O)nc2sccn12. The number of hydrogen-bond acceptors (Lipinski definition) is 6. The summed E-state index contributed by atoms with van der Waals surface area (Å²) in [5.41, 5.74) is 0.836. The van der Waals surface area contributed by atoms with Crippen molar-refractivity contribution in [3.63, 3.8) is 0 Å². The smallest absolute Gasteiger partial charge is 0.387 e. The topological polar surface area (TPSA) is 73.1 Å². The Labute approximate surface area is 150 Å². The van der Waals surface area contributed by atoms with Gasteiger partial charge in [-0.05, 0) is 25.1 Å². The number of imidazole rings is 1. The molecule has 0 saturated heterocycles. The fraction of sp³-hybridized carbons (Fsp3) is 0.176. The summed E-state index contributed by atoms with van der Waals surface area (Å²) in [7, 11) is 0. The van der Waals surface area contributed by atoms with Crippen LogP contribution in [0.25, 0.3) is 17.1 Å². The van der Waals surface area contributed by atoms with Gasteiger partial charge in [0.2, 0.25) is 0 Å².